The van der Waals surface area contributed by atoms with Crippen LogP contribution < -0.4 is 5.32 Å². The Labute approximate surface area is 161 Å². The molecule has 0 radical (unpaired) electrons. The summed E-state index contributed by atoms with van der Waals surface area (Å²) in [5.41, 5.74) is -1.20. The van der Waals surface area contributed by atoms with Crippen molar-refractivity contribution in [3.05, 3.63) is 64.0 Å². The van der Waals surface area contributed by atoms with E-state index in [0.29, 0.717) is 0 Å². The van der Waals surface area contributed by atoms with Gasteiger partial charge in [-0.2, -0.15) is 8.78 Å². The van der Waals surface area contributed by atoms with Gasteiger partial charge in [0.05, 0.1) is 21.1 Å². The van der Waals surface area contributed by atoms with Gasteiger partial charge in [0.1, 0.15) is 5.82 Å². The summed E-state index contributed by atoms with van der Waals surface area (Å²) >= 11 is 0. The van der Waals surface area contributed by atoms with Crippen LogP contribution in [0.1, 0.15) is 10.4 Å². The smallest absolute Gasteiger partial charge is 0.341 e. The molecule has 0 saturated carbocycles. The zero-order valence-electron chi connectivity index (χ0n) is 14.2. The second-order valence-electron chi connectivity index (χ2n) is 5.38. The molecule has 0 fully saturated rings. The standard InChI is InChI=1S/C16H11F3N2O7S/c17-12-6-3-10(21(24)25)7-13(12)20-14(22)8-28-15(23)9-1-4-11(5-2-9)29(26,27)16(18)19/h1-7,16H,8H2,(H,20,22). The number of hydrogen-bond acceptors (Lipinski definition) is 7. The molecular weight excluding hydrogens is 421 g/mol. The number of nitro benzene ring substituents is 1. The number of amides is 1. The van der Waals surface area contributed by atoms with Crippen molar-refractivity contribution in [2.45, 2.75) is 10.7 Å². The van der Waals surface area contributed by atoms with Crippen LogP contribution in [0, 0.1) is 15.9 Å². The maximum absolute atomic E-state index is 13.6. The van der Waals surface area contributed by atoms with Crippen molar-refractivity contribution in [1.29, 1.82) is 0 Å². The van der Waals surface area contributed by atoms with Crippen LogP contribution in [0.4, 0.5) is 24.5 Å². The fraction of sp³-hybridized carbons (Fsp3) is 0.125. The van der Waals surface area contributed by atoms with E-state index in [1.165, 1.54) is 0 Å². The van der Waals surface area contributed by atoms with Crippen LogP contribution in [-0.2, 0) is 19.4 Å². The minimum absolute atomic E-state index is 0.229. The minimum atomic E-state index is -4.83. The fourth-order valence-corrected chi connectivity index (χ4v) is 2.73. The van der Waals surface area contributed by atoms with Crippen molar-refractivity contribution >= 4 is 33.1 Å². The molecule has 2 aromatic carbocycles. The highest BCUT2D eigenvalue weighted by molar-refractivity contribution is 7.91. The number of esters is 1. The van der Waals surface area contributed by atoms with E-state index >= 15 is 0 Å². The monoisotopic (exact) mass is 432 g/mol. The largest absolute Gasteiger partial charge is 0.452 e. The number of halogens is 3. The number of alkyl halides is 2. The van der Waals surface area contributed by atoms with E-state index < -0.39 is 61.1 Å². The highest BCUT2D eigenvalue weighted by Crippen LogP contribution is 2.21. The van der Waals surface area contributed by atoms with Crippen LogP contribution in [0.25, 0.3) is 0 Å². The van der Waals surface area contributed by atoms with Crippen molar-refractivity contribution in [3.8, 4) is 0 Å². The Morgan fingerprint density at radius 2 is 1.76 bits per heavy atom. The molecule has 0 unspecified atom stereocenters. The average molecular weight is 432 g/mol. The van der Waals surface area contributed by atoms with Gasteiger partial charge in [-0.05, 0) is 30.3 Å². The minimum Gasteiger partial charge on any atom is -0.452 e. The summed E-state index contributed by atoms with van der Waals surface area (Å²) in [6, 6.07) is 5.81. The third kappa shape index (κ3) is 5.28. The Kier molecular flexibility index (Phi) is 6.53. The summed E-state index contributed by atoms with van der Waals surface area (Å²) in [4.78, 5) is 32.8. The van der Waals surface area contributed by atoms with E-state index in [1.54, 1.807) is 0 Å². The van der Waals surface area contributed by atoms with Gasteiger partial charge in [-0.25, -0.2) is 17.6 Å². The maximum atomic E-state index is 13.6. The molecule has 0 aliphatic carbocycles. The molecule has 0 spiro atoms. The van der Waals surface area contributed by atoms with Crippen LogP contribution >= 0.6 is 0 Å². The van der Waals surface area contributed by atoms with Gasteiger partial charge in [-0.15, -0.1) is 0 Å². The van der Waals surface area contributed by atoms with Crippen molar-refractivity contribution in [2.75, 3.05) is 11.9 Å². The lowest BCUT2D eigenvalue weighted by molar-refractivity contribution is -0.384. The average Bonchev–Trinajstić information content (AvgIpc) is 2.67. The maximum Gasteiger partial charge on any atom is 0.341 e. The van der Waals surface area contributed by atoms with Crippen LogP contribution in [0.3, 0.4) is 0 Å². The van der Waals surface area contributed by atoms with E-state index in [2.05, 4.69) is 4.74 Å². The molecule has 2 rings (SSSR count). The second-order valence-corrected chi connectivity index (χ2v) is 7.29. The third-order valence-electron chi connectivity index (χ3n) is 3.42. The van der Waals surface area contributed by atoms with E-state index in [1.807, 2.05) is 5.32 Å². The van der Waals surface area contributed by atoms with E-state index in [-0.39, 0.29) is 5.56 Å². The lowest BCUT2D eigenvalue weighted by atomic mass is 10.2. The van der Waals surface area contributed by atoms with Gasteiger partial charge in [0.15, 0.2) is 6.61 Å². The van der Waals surface area contributed by atoms with Gasteiger partial charge in [0.25, 0.3) is 11.6 Å². The molecule has 29 heavy (non-hydrogen) atoms. The molecule has 0 aliphatic rings. The molecule has 0 saturated heterocycles. The number of hydrogen-bond donors (Lipinski definition) is 1. The van der Waals surface area contributed by atoms with Gasteiger partial charge >= 0.3 is 11.7 Å². The van der Waals surface area contributed by atoms with Gasteiger partial charge in [0.2, 0.25) is 9.84 Å². The van der Waals surface area contributed by atoms with Crippen molar-refractivity contribution in [3.63, 3.8) is 0 Å². The number of nitrogens with zero attached hydrogens (tertiary/aromatic N) is 1. The normalized spacial score (nSPS) is 11.2. The van der Waals surface area contributed by atoms with Crippen molar-refractivity contribution < 1.29 is 40.8 Å². The Balaban J connectivity index is 2.00. The van der Waals surface area contributed by atoms with Gasteiger partial charge in [-0.3, -0.25) is 14.9 Å². The fourth-order valence-electron chi connectivity index (χ4n) is 2.01. The molecule has 0 bridgehead atoms. The number of carbonyl (C=O) groups is 2. The molecule has 9 nitrogen and oxygen atoms in total. The number of nitro groups is 1. The number of sulfone groups is 1. The van der Waals surface area contributed by atoms with E-state index in [0.717, 1.165) is 42.5 Å². The number of non-ortho nitro benzene ring substituents is 1. The molecule has 13 heteroatoms. The number of rotatable bonds is 7. The Morgan fingerprint density at radius 1 is 1.14 bits per heavy atom. The predicted molar refractivity (Wildman–Crippen MR) is 91.6 cm³/mol. The summed E-state index contributed by atoms with van der Waals surface area (Å²) < 4.78 is 65.8. The third-order valence-corrected chi connectivity index (χ3v) is 4.82. The molecule has 0 aliphatic heterocycles. The highest BCUT2D eigenvalue weighted by Gasteiger charge is 2.26. The molecule has 1 N–H and O–H groups in total. The molecule has 0 atom stereocenters. The van der Waals surface area contributed by atoms with Crippen LogP contribution in [-0.4, -0.2) is 37.6 Å². The van der Waals surface area contributed by atoms with Crippen LogP contribution in [0.15, 0.2) is 47.4 Å². The topological polar surface area (TPSA) is 133 Å². The number of anilines is 1. The summed E-state index contributed by atoms with van der Waals surface area (Å²) in [6.45, 7) is -0.891. The zero-order chi connectivity index (χ0) is 21.8. The SMILES string of the molecule is O=C(COC(=O)c1ccc(S(=O)(=O)C(F)F)cc1)Nc1cc([N+](=O)[O-])ccc1F. The lowest BCUT2D eigenvalue weighted by Gasteiger charge is -2.08. The summed E-state index contributed by atoms with van der Waals surface area (Å²) in [7, 11) is -4.83. The van der Waals surface area contributed by atoms with Crippen molar-refractivity contribution in [1.82, 2.24) is 0 Å². The number of ether oxygens (including phenoxy) is 1. The highest BCUT2D eigenvalue weighted by atomic mass is 32.2. The second kappa shape index (κ2) is 8.68. The molecule has 0 heterocycles. The molecule has 154 valence electrons. The van der Waals surface area contributed by atoms with Gasteiger partial charge in [0, 0.05) is 12.1 Å². The first-order valence-electron chi connectivity index (χ1n) is 7.55. The van der Waals surface area contributed by atoms with Gasteiger partial charge < -0.3 is 10.1 Å². The Bertz CT molecular complexity index is 1060. The lowest BCUT2D eigenvalue weighted by Crippen LogP contribution is -2.21. The molecular formula is C16H11F3N2O7S. The summed E-state index contributed by atoms with van der Waals surface area (Å²) in [5, 5.41) is 12.7. The zero-order valence-corrected chi connectivity index (χ0v) is 15.0. The molecule has 1 amide bonds. The summed E-state index contributed by atoms with van der Waals surface area (Å²) in [6.07, 6.45) is 0. The van der Waals surface area contributed by atoms with E-state index in [9.17, 15) is 41.3 Å². The first-order valence-corrected chi connectivity index (χ1v) is 9.10. The first kappa shape index (κ1) is 21.8. The van der Waals surface area contributed by atoms with Crippen LogP contribution in [0.2, 0.25) is 0 Å². The number of benzene rings is 2. The van der Waals surface area contributed by atoms with Crippen LogP contribution in [0.5, 0.6) is 0 Å². The summed E-state index contributed by atoms with van der Waals surface area (Å²) in [5.74, 6) is -6.67. The van der Waals surface area contributed by atoms with E-state index in [4.69, 9.17) is 0 Å². The Morgan fingerprint density at radius 3 is 2.31 bits per heavy atom. The Hall–Kier alpha value is -3.48. The van der Waals surface area contributed by atoms with Gasteiger partial charge in [-0.1, -0.05) is 0 Å². The number of nitrogens with one attached hydrogen (secondary N) is 1. The quantitative estimate of drug-likeness (QED) is 0.404. The predicted octanol–water partition coefficient (Wildman–Crippen LogP) is 2.53. The van der Waals surface area contributed by atoms with Crippen molar-refractivity contribution in [2.24, 2.45) is 0 Å². The number of carbonyl (C=O) groups excluding carboxylic acids is 2. The molecule has 0 aromatic heterocycles. The first-order chi connectivity index (χ1) is 13.5. The molecule has 2 aromatic rings.